The van der Waals surface area contributed by atoms with Gasteiger partial charge >= 0.3 is 0 Å². The number of halogens is 1. The average molecular weight is 409 g/mol. The summed E-state index contributed by atoms with van der Waals surface area (Å²) in [5, 5.41) is 0. The number of hydrogen-bond acceptors (Lipinski definition) is 6. The second-order valence-electron chi connectivity index (χ2n) is 6.69. The molecule has 2 heterocycles. The van der Waals surface area contributed by atoms with Crippen LogP contribution in [-0.4, -0.2) is 36.7 Å². The van der Waals surface area contributed by atoms with E-state index in [4.69, 9.17) is 4.42 Å². The Morgan fingerprint density at radius 1 is 1.18 bits per heavy atom. The molecule has 1 aromatic carbocycles. The summed E-state index contributed by atoms with van der Waals surface area (Å²) >= 11 is 0. The number of nitrogens with one attached hydrogen (secondary N) is 2. The number of carbonyl (C=O) groups is 2. The highest BCUT2D eigenvalue weighted by Crippen LogP contribution is 2.22. The largest absolute Gasteiger partial charge is 0.441 e. The van der Waals surface area contributed by atoms with E-state index in [0.717, 1.165) is 0 Å². The van der Waals surface area contributed by atoms with E-state index < -0.39 is 21.7 Å². The van der Waals surface area contributed by atoms with E-state index in [1.807, 2.05) is 0 Å². The minimum Gasteiger partial charge on any atom is -0.441 e. The lowest BCUT2D eigenvalue weighted by Gasteiger charge is -2.09. The predicted octanol–water partition coefficient (Wildman–Crippen LogP) is 1.39. The summed E-state index contributed by atoms with van der Waals surface area (Å²) in [6, 6.07) is 5.76. The quantitative estimate of drug-likeness (QED) is 0.696. The van der Waals surface area contributed by atoms with E-state index in [0.29, 0.717) is 23.6 Å². The monoisotopic (exact) mass is 409 g/mol. The molecule has 0 spiro atoms. The van der Waals surface area contributed by atoms with Gasteiger partial charge in [0.2, 0.25) is 11.8 Å². The number of benzene rings is 1. The van der Waals surface area contributed by atoms with E-state index in [1.54, 1.807) is 12.1 Å². The summed E-state index contributed by atoms with van der Waals surface area (Å²) < 4.78 is 41.2. The number of rotatable bonds is 6. The van der Waals surface area contributed by atoms with Crippen molar-refractivity contribution in [2.75, 3.05) is 11.5 Å². The van der Waals surface area contributed by atoms with E-state index in [1.165, 1.54) is 18.3 Å². The lowest BCUT2D eigenvalue weighted by molar-refractivity contribution is -0.129. The van der Waals surface area contributed by atoms with Gasteiger partial charge in [0.1, 0.15) is 5.82 Å². The van der Waals surface area contributed by atoms with E-state index in [-0.39, 0.29) is 42.5 Å². The standard InChI is InChI=1S/C18H20FN3O5S/c19-14-3-1-13(2-4-14)15-10-20-18(27-15)6-5-16(23)21-22-17(24)9-12-7-8-28(25,26)11-12/h1-4,10,12H,5-9,11H2,(H,21,23)(H,22,24). The third-order valence-electron chi connectivity index (χ3n) is 4.39. The molecular formula is C18H20FN3O5S. The molecule has 2 aromatic rings. The molecule has 3 rings (SSSR count). The predicted molar refractivity (Wildman–Crippen MR) is 97.9 cm³/mol. The highest BCUT2D eigenvalue weighted by molar-refractivity contribution is 7.91. The Kier molecular flexibility index (Phi) is 6.08. The minimum atomic E-state index is -3.04. The van der Waals surface area contributed by atoms with Crippen molar-refractivity contribution >= 4 is 21.7 Å². The summed E-state index contributed by atoms with van der Waals surface area (Å²) in [5.41, 5.74) is 5.25. The van der Waals surface area contributed by atoms with Crippen LogP contribution in [0.4, 0.5) is 4.39 Å². The molecule has 2 amide bonds. The molecule has 10 heteroatoms. The van der Waals surface area contributed by atoms with Crippen molar-refractivity contribution in [3.63, 3.8) is 0 Å². The third kappa shape index (κ3) is 5.62. The molecule has 0 aliphatic carbocycles. The lowest BCUT2D eigenvalue weighted by Crippen LogP contribution is -2.42. The van der Waals surface area contributed by atoms with Crippen LogP contribution in [-0.2, 0) is 25.8 Å². The number of hydrazine groups is 1. The normalized spacial score (nSPS) is 18.0. The molecule has 28 heavy (non-hydrogen) atoms. The first-order chi connectivity index (χ1) is 13.3. The number of aromatic nitrogens is 1. The summed E-state index contributed by atoms with van der Waals surface area (Å²) in [6.45, 7) is 0. The molecule has 1 aromatic heterocycles. The van der Waals surface area contributed by atoms with Crippen LogP contribution in [0.3, 0.4) is 0 Å². The van der Waals surface area contributed by atoms with Crippen LogP contribution in [0.5, 0.6) is 0 Å². The van der Waals surface area contributed by atoms with Crippen molar-refractivity contribution in [1.82, 2.24) is 15.8 Å². The highest BCUT2D eigenvalue weighted by Gasteiger charge is 2.29. The van der Waals surface area contributed by atoms with Crippen molar-refractivity contribution in [3.05, 3.63) is 42.2 Å². The number of sulfone groups is 1. The van der Waals surface area contributed by atoms with Crippen molar-refractivity contribution < 1.29 is 26.8 Å². The molecule has 8 nitrogen and oxygen atoms in total. The van der Waals surface area contributed by atoms with Gasteiger partial charge in [-0.1, -0.05) is 0 Å². The van der Waals surface area contributed by atoms with Gasteiger partial charge in [-0.25, -0.2) is 17.8 Å². The highest BCUT2D eigenvalue weighted by atomic mass is 32.2. The zero-order valence-electron chi connectivity index (χ0n) is 15.0. The molecular weight excluding hydrogens is 389 g/mol. The smallest absolute Gasteiger partial charge is 0.238 e. The molecule has 150 valence electrons. The van der Waals surface area contributed by atoms with Gasteiger partial charge in [0.15, 0.2) is 21.5 Å². The zero-order valence-corrected chi connectivity index (χ0v) is 15.8. The van der Waals surface area contributed by atoms with Gasteiger partial charge in [-0.2, -0.15) is 0 Å². The van der Waals surface area contributed by atoms with Crippen molar-refractivity contribution in [2.45, 2.75) is 25.7 Å². The molecule has 1 aliphatic rings. The molecule has 2 N–H and O–H groups in total. The summed E-state index contributed by atoms with van der Waals surface area (Å²) in [7, 11) is -3.04. The number of oxazole rings is 1. The summed E-state index contributed by atoms with van der Waals surface area (Å²) in [5.74, 6) is -0.482. The van der Waals surface area contributed by atoms with Crippen LogP contribution in [0.15, 0.2) is 34.9 Å². The van der Waals surface area contributed by atoms with Crippen LogP contribution < -0.4 is 10.9 Å². The van der Waals surface area contributed by atoms with Crippen LogP contribution in [0.2, 0.25) is 0 Å². The van der Waals surface area contributed by atoms with Crippen molar-refractivity contribution in [3.8, 4) is 11.3 Å². The summed E-state index contributed by atoms with van der Waals surface area (Å²) in [6.07, 6.45) is 2.29. The lowest BCUT2D eigenvalue weighted by atomic mass is 10.1. The number of aryl methyl sites for hydroxylation is 1. The Morgan fingerprint density at radius 2 is 1.89 bits per heavy atom. The molecule has 1 saturated heterocycles. The fourth-order valence-electron chi connectivity index (χ4n) is 2.94. The van der Waals surface area contributed by atoms with Crippen molar-refractivity contribution in [1.29, 1.82) is 0 Å². The van der Waals surface area contributed by atoms with Gasteiger partial charge < -0.3 is 4.42 Å². The van der Waals surface area contributed by atoms with E-state index in [9.17, 15) is 22.4 Å². The third-order valence-corrected chi connectivity index (χ3v) is 6.23. The number of hydrogen-bond donors (Lipinski definition) is 2. The zero-order chi connectivity index (χ0) is 20.1. The Bertz CT molecular complexity index is 956. The van der Waals surface area contributed by atoms with Crippen molar-refractivity contribution in [2.24, 2.45) is 5.92 Å². The van der Waals surface area contributed by atoms with Gasteiger partial charge in [-0.3, -0.25) is 20.4 Å². The van der Waals surface area contributed by atoms with Crippen LogP contribution in [0.1, 0.15) is 25.2 Å². The van der Waals surface area contributed by atoms with E-state index >= 15 is 0 Å². The molecule has 1 unspecified atom stereocenters. The number of nitrogens with zero attached hydrogens (tertiary/aromatic N) is 1. The van der Waals surface area contributed by atoms with Crippen LogP contribution >= 0.6 is 0 Å². The molecule has 0 bridgehead atoms. The Morgan fingerprint density at radius 3 is 2.57 bits per heavy atom. The van der Waals surface area contributed by atoms with Gasteiger partial charge in [0.25, 0.3) is 0 Å². The van der Waals surface area contributed by atoms with Crippen LogP contribution in [0, 0.1) is 11.7 Å². The second-order valence-corrected chi connectivity index (χ2v) is 8.92. The van der Waals surface area contributed by atoms with Gasteiger partial charge in [0, 0.05) is 24.8 Å². The molecule has 1 fully saturated rings. The molecule has 1 aliphatic heterocycles. The van der Waals surface area contributed by atoms with Gasteiger partial charge in [-0.05, 0) is 36.6 Å². The first kappa shape index (κ1) is 20.0. The SMILES string of the molecule is O=C(CCc1ncc(-c2ccc(F)cc2)o1)NNC(=O)CC1CCS(=O)(=O)C1. The number of amides is 2. The fraction of sp³-hybridized carbons (Fsp3) is 0.389. The summed E-state index contributed by atoms with van der Waals surface area (Å²) in [4.78, 5) is 27.7. The van der Waals surface area contributed by atoms with Crippen LogP contribution in [0.25, 0.3) is 11.3 Å². The molecule has 0 radical (unpaired) electrons. The topological polar surface area (TPSA) is 118 Å². The molecule has 1 atom stereocenters. The van der Waals surface area contributed by atoms with Gasteiger partial charge in [-0.15, -0.1) is 0 Å². The minimum absolute atomic E-state index is 0.00885. The Balaban J connectivity index is 1.40. The fourth-order valence-corrected chi connectivity index (χ4v) is 4.80. The number of carbonyl (C=O) groups excluding carboxylic acids is 2. The maximum atomic E-state index is 12.9. The second kappa shape index (κ2) is 8.51. The molecule has 0 saturated carbocycles. The first-order valence-electron chi connectivity index (χ1n) is 8.79. The Hall–Kier alpha value is -2.75. The maximum Gasteiger partial charge on any atom is 0.238 e. The van der Waals surface area contributed by atoms with E-state index in [2.05, 4.69) is 15.8 Å². The first-order valence-corrected chi connectivity index (χ1v) is 10.6. The van der Waals surface area contributed by atoms with Gasteiger partial charge in [0.05, 0.1) is 17.7 Å². The average Bonchev–Trinajstić information content (AvgIpc) is 3.25. The maximum absolute atomic E-state index is 12.9. The Labute approximate surface area is 161 Å².